The van der Waals surface area contributed by atoms with Crippen molar-refractivity contribution in [3.63, 3.8) is 0 Å². The maximum Gasteiger partial charge on any atom is 0.335 e. The summed E-state index contributed by atoms with van der Waals surface area (Å²) in [5, 5.41) is 17.0. The molecule has 0 aliphatic heterocycles. The molecule has 6 N–H and O–H groups in total. The lowest BCUT2D eigenvalue weighted by molar-refractivity contribution is 0.0696. The van der Waals surface area contributed by atoms with Crippen molar-refractivity contribution in [2.24, 2.45) is 5.14 Å². The molecule has 0 spiro atoms. The topological polar surface area (TPSA) is 136 Å². The van der Waals surface area contributed by atoms with Gasteiger partial charge < -0.3 is 16.2 Å². The maximum absolute atomic E-state index is 11.7. The monoisotopic (exact) mass is 321 g/mol. The van der Waals surface area contributed by atoms with Gasteiger partial charge in [-0.1, -0.05) is 17.7 Å². The highest BCUT2D eigenvalue weighted by Crippen LogP contribution is 2.31. The van der Waals surface area contributed by atoms with Crippen LogP contribution in [0, 0.1) is 6.92 Å². The summed E-state index contributed by atoms with van der Waals surface area (Å²) in [5.41, 5.74) is 7.20. The van der Waals surface area contributed by atoms with Crippen LogP contribution in [0.25, 0.3) is 0 Å². The van der Waals surface area contributed by atoms with Gasteiger partial charge in [0.05, 0.1) is 16.9 Å². The number of nitrogens with two attached hydrogens (primary N) is 2. The molecule has 0 fully saturated rings. The van der Waals surface area contributed by atoms with Crippen LogP contribution in [-0.2, 0) is 10.0 Å². The van der Waals surface area contributed by atoms with Gasteiger partial charge in [-0.05, 0) is 31.2 Å². The van der Waals surface area contributed by atoms with E-state index in [0.29, 0.717) is 5.69 Å². The summed E-state index contributed by atoms with van der Waals surface area (Å²) in [6, 6.07) is 9.30. The van der Waals surface area contributed by atoms with Crippen LogP contribution in [-0.4, -0.2) is 19.5 Å². The zero-order valence-electron chi connectivity index (χ0n) is 11.7. The molecule has 0 aliphatic rings. The van der Waals surface area contributed by atoms with Gasteiger partial charge in [-0.3, -0.25) is 0 Å². The molecule has 0 saturated heterocycles. The zero-order valence-corrected chi connectivity index (χ0v) is 12.5. The van der Waals surface area contributed by atoms with Crippen LogP contribution in [0.15, 0.2) is 41.3 Å². The van der Waals surface area contributed by atoms with Crippen LogP contribution in [0.2, 0.25) is 0 Å². The second-order valence-corrected chi connectivity index (χ2v) is 6.31. The van der Waals surface area contributed by atoms with E-state index in [1.807, 2.05) is 19.1 Å². The number of aryl methyl sites for hydroxylation is 1. The fourth-order valence-corrected chi connectivity index (χ4v) is 2.64. The minimum absolute atomic E-state index is 0.0236. The fourth-order valence-electron chi connectivity index (χ4n) is 1.90. The quantitative estimate of drug-likeness (QED) is 0.632. The number of nitrogen functional groups attached to an aromatic ring is 1. The Labute approximate surface area is 127 Å². The predicted molar refractivity (Wildman–Crippen MR) is 83.6 cm³/mol. The van der Waals surface area contributed by atoms with E-state index in [4.69, 9.17) is 16.0 Å². The number of aromatic carboxylic acids is 1. The molecular weight excluding hydrogens is 306 g/mol. The summed E-state index contributed by atoms with van der Waals surface area (Å²) >= 11 is 0. The van der Waals surface area contributed by atoms with Crippen molar-refractivity contribution in [1.29, 1.82) is 0 Å². The third-order valence-electron chi connectivity index (χ3n) is 3.01. The summed E-state index contributed by atoms with van der Waals surface area (Å²) in [5.74, 6) is -1.29. The highest BCUT2D eigenvalue weighted by Gasteiger charge is 2.20. The number of hydrogen-bond acceptors (Lipinski definition) is 5. The summed E-state index contributed by atoms with van der Waals surface area (Å²) < 4.78 is 23.4. The van der Waals surface area contributed by atoms with Gasteiger partial charge in [0.25, 0.3) is 0 Å². The SMILES string of the molecule is Cc1ccc(Nc2c(N)cc(C(=O)O)cc2S(N)(=O)=O)cc1. The van der Waals surface area contributed by atoms with Crippen molar-refractivity contribution in [2.75, 3.05) is 11.1 Å². The van der Waals surface area contributed by atoms with E-state index in [-0.39, 0.29) is 21.8 Å². The van der Waals surface area contributed by atoms with E-state index in [2.05, 4.69) is 5.32 Å². The summed E-state index contributed by atoms with van der Waals surface area (Å²) in [6.07, 6.45) is 0. The third-order valence-corrected chi connectivity index (χ3v) is 3.94. The first kappa shape index (κ1) is 15.8. The Morgan fingerprint density at radius 2 is 1.77 bits per heavy atom. The van der Waals surface area contributed by atoms with Crippen molar-refractivity contribution in [1.82, 2.24) is 0 Å². The Morgan fingerprint density at radius 3 is 2.27 bits per heavy atom. The first-order chi connectivity index (χ1) is 10.2. The molecule has 0 atom stereocenters. The van der Waals surface area contributed by atoms with Gasteiger partial charge in [-0.2, -0.15) is 0 Å². The van der Waals surface area contributed by atoms with Gasteiger partial charge in [-0.25, -0.2) is 18.4 Å². The van der Waals surface area contributed by atoms with E-state index in [1.165, 1.54) is 6.07 Å². The molecule has 0 radical (unpaired) electrons. The van der Waals surface area contributed by atoms with E-state index in [1.54, 1.807) is 12.1 Å². The molecule has 2 rings (SSSR count). The lowest BCUT2D eigenvalue weighted by Crippen LogP contribution is -2.16. The molecule has 22 heavy (non-hydrogen) atoms. The number of anilines is 3. The number of carboxylic acid groups (broad SMARTS) is 1. The number of carboxylic acids is 1. The zero-order chi connectivity index (χ0) is 16.5. The molecule has 0 amide bonds. The highest BCUT2D eigenvalue weighted by atomic mass is 32.2. The van der Waals surface area contributed by atoms with Gasteiger partial charge in [0.2, 0.25) is 10.0 Å². The Hall–Kier alpha value is -2.58. The number of rotatable bonds is 4. The third kappa shape index (κ3) is 3.35. The van der Waals surface area contributed by atoms with Crippen LogP contribution in [0.5, 0.6) is 0 Å². The fraction of sp³-hybridized carbons (Fsp3) is 0.0714. The van der Waals surface area contributed by atoms with E-state index in [9.17, 15) is 13.2 Å². The van der Waals surface area contributed by atoms with Crippen LogP contribution in [0.3, 0.4) is 0 Å². The Balaban J connectivity index is 2.59. The summed E-state index contributed by atoms with van der Waals surface area (Å²) in [6.45, 7) is 1.91. The van der Waals surface area contributed by atoms with Crippen molar-refractivity contribution in [3.8, 4) is 0 Å². The second-order valence-electron chi connectivity index (χ2n) is 4.78. The Bertz CT molecular complexity index is 830. The van der Waals surface area contributed by atoms with Crippen molar-refractivity contribution in [2.45, 2.75) is 11.8 Å². The molecule has 0 aliphatic carbocycles. The van der Waals surface area contributed by atoms with Gasteiger partial charge in [0.1, 0.15) is 4.90 Å². The molecule has 2 aromatic rings. The number of benzene rings is 2. The number of primary sulfonamides is 1. The first-order valence-electron chi connectivity index (χ1n) is 6.22. The molecule has 0 bridgehead atoms. The Morgan fingerprint density at radius 1 is 1.18 bits per heavy atom. The van der Waals surface area contributed by atoms with Gasteiger partial charge in [0.15, 0.2) is 0 Å². The van der Waals surface area contributed by atoms with Crippen LogP contribution in [0.1, 0.15) is 15.9 Å². The largest absolute Gasteiger partial charge is 0.478 e. The minimum atomic E-state index is -4.15. The number of nitrogens with one attached hydrogen (secondary N) is 1. The highest BCUT2D eigenvalue weighted by molar-refractivity contribution is 7.89. The van der Waals surface area contributed by atoms with Crippen molar-refractivity contribution in [3.05, 3.63) is 47.5 Å². The number of hydrogen-bond donors (Lipinski definition) is 4. The van der Waals surface area contributed by atoms with Gasteiger partial charge >= 0.3 is 5.97 Å². The van der Waals surface area contributed by atoms with E-state index in [0.717, 1.165) is 11.6 Å². The lowest BCUT2D eigenvalue weighted by Gasteiger charge is -2.14. The molecular formula is C14H15N3O4S. The minimum Gasteiger partial charge on any atom is -0.478 e. The standard InChI is InChI=1S/C14H15N3O4S/c1-8-2-4-10(5-3-8)17-13-11(15)6-9(14(18)19)7-12(13)22(16,20)21/h2-7,17H,15H2,1H3,(H,18,19)(H2,16,20,21). The van der Waals surface area contributed by atoms with Crippen LogP contribution >= 0.6 is 0 Å². The average molecular weight is 321 g/mol. The summed E-state index contributed by atoms with van der Waals surface area (Å²) in [4.78, 5) is 10.7. The second kappa shape index (κ2) is 5.66. The normalized spacial score (nSPS) is 11.2. The van der Waals surface area contributed by atoms with Gasteiger partial charge in [-0.15, -0.1) is 0 Å². The van der Waals surface area contributed by atoms with E-state index < -0.39 is 16.0 Å². The van der Waals surface area contributed by atoms with Crippen LogP contribution in [0.4, 0.5) is 17.1 Å². The molecule has 116 valence electrons. The van der Waals surface area contributed by atoms with E-state index >= 15 is 0 Å². The predicted octanol–water partition coefficient (Wildman–Crippen LogP) is 1.67. The van der Waals surface area contributed by atoms with Crippen LogP contribution < -0.4 is 16.2 Å². The average Bonchev–Trinajstić information content (AvgIpc) is 2.41. The summed E-state index contributed by atoms with van der Waals surface area (Å²) in [7, 11) is -4.15. The number of carbonyl (C=O) groups is 1. The van der Waals surface area contributed by atoms with Gasteiger partial charge in [0, 0.05) is 5.69 Å². The first-order valence-corrected chi connectivity index (χ1v) is 7.76. The number of sulfonamides is 1. The molecule has 7 nitrogen and oxygen atoms in total. The van der Waals surface area contributed by atoms with Crippen molar-refractivity contribution < 1.29 is 18.3 Å². The molecule has 8 heteroatoms. The molecule has 0 heterocycles. The molecule has 0 saturated carbocycles. The maximum atomic E-state index is 11.7. The Kier molecular flexibility index (Phi) is 4.07. The molecule has 0 aromatic heterocycles. The smallest absolute Gasteiger partial charge is 0.335 e. The molecule has 2 aromatic carbocycles. The van der Waals surface area contributed by atoms with Crippen molar-refractivity contribution >= 4 is 33.1 Å². The molecule has 0 unspecified atom stereocenters. The lowest BCUT2D eigenvalue weighted by atomic mass is 10.1.